The van der Waals surface area contributed by atoms with E-state index in [0.29, 0.717) is 16.3 Å². The van der Waals surface area contributed by atoms with Gasteiger partial charge < -0.3 is 15.2 Å². The molecule has 5 nitrogen and oxygen atoms in total. The molecule has 2 rings (SSSR count). The summed E-state index contributed by atoms with van der Waals surface area (Å²) < 4.78 is 5.06. The first-order chi connectivity index (χ1) is 11.4. The standard InChI is InChI=1S/C17H15Cl2NO4/c1-24-15-7-6-10(8-13(15)19)9-14(17(22)23)20-16(21)11-4-2-3-5-12(11)18/h2-8,14H,9H2,1H3,(H,20,21)(H,22,23)/t14-/m0/s1. The number of amides is 1. The SMILES string of the molecule is COc1ccc(C[C@H](NC(=O)c2ccccc2Cl)C(=O)O)cc1Cl. The van der Waals surface area contributed by atoms with Crippen LogP contribution < -0.4 is 10.1 Å². The van der Waals surface area contributed by atoms with Gasteiger partial charge in [0.1, 0.15) is 11.8 Å². The number of carboxylic acid groups (broad SMARTS) is 1. The molecule has 0 aliphatic rings. The summed E-state index contributed by atoms with van der Waals surface area (Å²) in [5, 5.41) is 12.5. The molecule has 24 heavy (non-hydrogen) atoms. The maximum atomic E-state index is 12.2. The lowest BCUT2D eigenvalue weighted by Gasteiger charge is -2.16. The molecule has 0 aromatic heterocycles. The summed E-state index contributed by atoms with van der Waals surface area (Å²) >= 11 is 12.0. The van der Waals surface area contributed by atoms with Crippen molar-refractivity contribution in [3.63, 3.8) is 0 Å². The van der Waals surface area contributed by atoms with Gasteiger partial charge in [-0.3, -0.25) is 4.79 Å². The van der Waals surface area contributed by atoms with Crippen LogP contribution in [0.2, 0.25) is 10.0 Å². The Morgan fingerprint density at radius 1 is 1.17 bits per heavy atom. The number of rotatable bonds is 6. The molecule has 1 atom stereocenters. The molecule has 2 N–H and O–H groups in total. The Morgan fingerprint density at radius 3 is 2.46 bits per heavy atom. The van der Waals surface area contributed by atoms with Crippen molar-refractivity contribution in [2.24, 2.45) is 0 Å². The van der Waals surface area contributed by atoms with E-state index in [1.54, 1.807) is 36.4 Å². The number of hydrogen-bond acceptors (Lipinski definition) is 3. The third-order valence-corrected chi connectivity index (χ3v) is 4.00. The quantitative estimate of drug-likeness (QED) is 0.819. The third-order valence-electron chi connectivity index (χ3n) is 3.38. The maximum absolute atomic E-state index is 12.2. The summed E-state index contributed by atoms with van der Waals surface area (Å²) in [6.45, 7) is 0. The lowest BCUT2D eigenvalue weighted by Crippen LogP contribution is -2.42. The monoisotopic (exact) mass is 367 g/mol. The van der Waals surface area contributed by atoms with Gasteiger partial charge in [0.25, 0.3) is 5.91 Å². The highest BCUT2D eigenvalue weighted by molar-refractivity contribution is 6.33. The molecule has 0 aliphatic heterocycles. The normalized spacial score (nSPS) is 11.6. The molecular weight excluding hydrogens is 353 g/mol. The van der Waals surface area contributed by atoms with Gasteiger partial charge in [0.05, 0.1) is 22.7 Å². The lowest BCUT2D eigenvalue weighted by atomic mass is 10.0. The third kappa shape index (κ3) is 4.40. The molecule has 0 spiro atoms. The minimum absolute atomic E-state index is 0.0786. The number of carbonyl (C=O) groups excluding carboxylic acids is 1. The van der Waals surface area contributed by atoms with Gasteiger partial charge in [-0.1, -0.05) is 41.4 Å². The second kappa shape index (κ2) is 8.04. The molecule has 0 radical (unpaired) electrons. The molecule has 2 aromatic rings. The molecule has 0 bridgehead atoms. The second-order valence-corrected chi connectivity index (χ2v) is 5.83. The van der Waals surface area contributed by atoms with Crippen molar-refractivity contribution in [1.29, 1.82) is 0 Å². The van der Waals surface area contributed by atoms with E-state index in [9.17, 15) is 14.7 Å². The van der Waals surface area contributed by atoms with Crippen LogP contribution in [0, 0.1) is 0 Å². The number of benzene rings is 2. The number of carboxylic acids is 1. The first-order valence-electron chi connectivity index (χ1n) is 7.03. The number of carbonyl (C=O) groups is 2. The molecule has 1 amide bonds. The Bertz CT molecular complexity index is 764. The average Bonchev–Trinajstić information content (AvgIpc) is 2.54. The lowest BCUT2D eigenvalue weighted by molar-refractivity contribution is -0.139. The van der Waals surface area contributed by atoms with Crippen LogP contribution in [0.5, 0.6) is 5.75 Å². The second-order valence-electron chi connectivity index (χ2n) is 5.02. The molecule has 0 fully saturated rings. The number of nitrogens with one attached hydrogen (secondary N) is 1. The molecule has 0 unspecified atom stereocenters. The van der Waals surface area contributed by atoms with Gasteiger partial charge in [-0.2, -0.15) is 0 Å². The van der Waals surface area contributed by atoms with Crippen LogP contribution in [0.4, 0.5) is 0 Å². The Kier molecular flexibility index (Phi) is 6.06. The van der Waals surface area contributed by atoms with Crippen molar-refractivity contribution in [1.82, 2.24) is 5.32 Å². The number of halogens is 2. The van der Waals surface area contributed by atoms with Crippen molar-refractivity contribution in [3.8, 4) is 5.75 Å². The minimum atomic E-state index is -1.15. The zero-order valence-electron chi connectivity index (χ0n) is 12.8. The van der Waals surface area contributed by atoms with E-state index >= 15 is 0 Å². The van der Waals surface area contributed by atoms with Crippen molar-refractivity contribution in [3.05, 3.63) is 63.6 Å². The van der Waals surface area contributed by atoms with Crippen LogP contribution in [0.25, 0.3) is 0 Å². The van der Waals surface area contributed by atoms with Gasteiger partial charge in [-0.05, 0) is 29.8 Å². The molecule has 0 heterocycles. The summed E-state index contributed by atoms with van der Waals surface area (Å²) in [6.07, 6.45) is 0.0786. The van der Waals surface area contributed by atoms with E-state index in [4.69, 9.17) is 27.9 Å². The molecule has 0 saturated carbocycles. The Morgan fingerprint density at radius 2 is 1.88 bits per heavy atom. The van der Waals surface area contributed by atoms with Crippen molar-refractivity contribution >= 4 is 35.1 Å². The van der Waals surface area contributed by atoms with E-state index in [0.717, 1.165) is 0 Å². The van der Waals surface area contributed by atoms with E-state index in [2.05, 4.69) is 5.32 Å². The molecule has 0 saturated heterocycles. The summed E-state index contributed by atoms with van der Waals surface area (Å²) in [5.41, 5.74) is 0.880. The molecule has 7 heteroatoms. The Hall–Kier alpha value is -2.24. The first kappa shape index (κ1) is 18.1. The van der Waals surface area contributed by atoms with Crippen LogP contribution in [-0.4, -0.2) is 30.1 Å². The van der Waals surface area contributed by atoms with E-state index < -0.39 is 17.9 Å². The fraction of sp³-hybridized carbons (Fsp3) is 0.176. The average molecular weight is 368 g/mol. The zero-order chi connectivity index (χ0) is 17.7. The fourth-order valence-corrected chi connectivity index (χ4v) is 2.66. The van der Waals surface area contributed by atoms with E-state index in [-0.39, 0.29) is 17.0 Å². The van der Waals surface area contributed by atoms with Gasteiger partial charge in [0, 0.05) is 6.42 Å². The van der Waals surface area contributed by atoms with Crippen molar-refractivity contribution < 1.29 is 19.4 Å². The predicted molar refractivity (Wildman–Crippen MR) is 92.1 cm³/mol. The van der Waals surface area contributed by atoms with Gasteiger partial charge in [0.2, 0.25) is 0 Å². The van der Waals surface area contributed by atoms with Crippen LogP contribution in [0.15, 0.2) is 42.5 Å². The highest BCUT2D eigenvalue weighted by Crippen LogP contribution is 2.25. The van der Waals surface area contributed by atoms with E-state index in [1.807, 2.05) is 0 Å². The largest absolute Gasteiger partial charge is 0.495 e. The zero-order valence-corrected chi connectivity index (χ0v) is 14.3. The summed E-state index contributed by atoms with van der Waals surface area (Å²) in [4.78, 5) is 23.7. The number of hydrogen-bond donors (Lipinski definition) is 2. The number of ether oxygens (including phenoxy) is 1. The van der Waals surface area contributed by atoms with Crippen LogP contribution >= 0.6 is 23.2 Å². The van der Waals surface area contributed by atoms with Crippen LogP contribution in [0.1, 0.15) is 15.9 Å². The molecule has 2 aromatic carbocycles. The summed E-state index contributed by atoms with van der Waals surface area (Å²) in [5.74, 6) is -1.21. The predicted octanol–water partition coefficient (Wildman–Crippen LogP) is 3.43. The van der Waals surface area contributed by atoms with Gasteiger partial charge in [-0.25, -0.2) is 4.79 Å². The smallest absolute Gasteiger partial charge is 0.326 e. The van der Waals surface area contributed by atoms with Crippen LogP contribution in [-0.2, 0) is 11.2 Å². The topological polar surface area (TPSA) is 75.6 Å². The van der Waals surface area contributed by atoms with Gasteiger partial charge >= 0.3 is 5.97 Å². The minimum Gasteiger partial charge on any atom is -0.495 e. The van der Waals surface area contributed by atoms with Crippen molar-refractivity contribution in [2.45, 2.75) is 12.5 Å². The van der Waals surface area contributed by atoms with E-state index in [1.165, 1.54) is 13.2 Å². The molecular formula is C17H15Cl2NO4. The van der Waals surface area contributed by atoms with Crippen LogP contribution in [0.3, 0.4) is 0 Å². The Labute approximate surface area is 149 Å². The fourth-order valence-electron chi connectivity index (χ4n) is 2.15. The number of aliphatic carboxylic acids is 1. The molecule has 126 valence electrons. The summed E-state index contributed by atoms with van der Waals surface area (Å²) in [6, 6.07) is 10.3. The van der Waals surface area contributed by atoms with Gasteiger partial charge in [0.15, 0.2) is 0 Å². The maximum Gasteiger partial charge on any atom is 0.326 e. The van der Waals surface area contributed by atoms with Crippen molar-refractivity contribution in [2.75, 3.05) is 7.11 Å². The Balaban J connectivity index is 2.15. The first-order valence-corrected chi connectivity index (χ1v) is 7.78. The summed E-state index contributed by atoms with van der Waals surface area (Å²) in [7, 11) is 1.49. The highest BCUT2D eigenvalue weighted by atomic mass is 35.5. The number of methoxy groups -OCH3 is 1. The van der Waals surface area contributed by atoms with Gasteiger partial charge in [-0.15, -0.1) is 0 Å². The molecule has 0 aliphatic carbocycles. The highest BCUT2D eigenvalue weighted by Gasteiger charge is 2.22.